The fourth-order valence-corrected chi connectivity index (χ4v) is 2.91. The molecule has 2 N–H and O–H groups in total. The molecule has 25 heavy (non-hydrogen) atoms. The molecule has 0 bridgehead atoms. The zero-order valence-electron chi connectivity index (χ0n) is 14.9. The number of aromatic nitrogens is 3. The third-order valence-electron chi connectivity index (χ3n) is 3.82. The molecule has 2 aromatic rings. The van der Waals surface area contributed by atoms with Crippen LogP contribution in [-0.2, 0) is 20.1 Å². The van der Waals surface area contributed by atoms with E-state index in [1.165, 1.54) is 5.69 Å². The number of aryl methyl sites for hydroxylation is 3. The van der Waals surface area contributed by atoms with Gasteiger partial charge in [-0.3, -0.25) is 9.67 Å². The van der Waals surface area contributed by atoms with E-state index in [9.17, 15) is 0 Å². The lowest BCUT2D eigenvalue weighted by atomic mass is 10.4. The Morgan fingerprint density at radius 3 is 2.48 bits per heavy atom. The van der Waals surface area contributed by atoms with E-state index in [1.54, 1.807) is 7.05 Å². The fraction of sp³-hybridized carbons (Fsp3) is 0.500. The highest BCUT2D eigenvalue weighted by atomic mass is 127. The van der Waals surface area contributed by atoms with Gasteiger partial charge in [-0.25, -0.2) is 0 Å². The molecule has 9 heteroatoms. The van der Waals surface area contributed by atoms with E-state index in [2.05, 4.69) is 33.7 Å². The molecule has 0 atom stereocenters. The minimum Gasteiger partial charge on any atom is -0.356 e. The van der Waals surface area contributed by atoms with Crippen LogP contribution in [0.25, 0.3) is 0 Å². The van der Waals surface area contributed by atoms with Crippen molar-refractivity contribution >= 4 is 53.1 Å². The zero-order chi connectivity index (χ0) is 17.7. The molecule has 0 aliphatic rings. The molecule has 0 unspecified atom stereocenters. The van der Waals surface area contributed by atoms with Crippen molar-refractivity contribution in [2.45, 2.75) is 33.4 Å². The molecule has 0 saturated heterocycles. The molecule has 6 nitrogen and oxygen atoms in total. The van der Waals surface area contributed by atoms with Crippen molar-refractivity contribution in [2.24, 2.45) is 12.0 Å². The van der Waals surface area contributed by atoms with Gasteiger partial charge >= 0.3 is 0 Å². The highest BCUT2D eigenvalue weighted by Gasteiger charge is 2.09. The van der Waals surface area contributed by atoms with Crippen LogP contribution in [-0.4, -0.2) is 33.9 Å². The predicted molar refractivity (Wildman–Crippen MR) is 115 cm³/mol. The van der Waals surface area contributed by atoms with Gasteiger partial charge in [0.1, 0.15) is 5.15 Å². The second-order valence-electron chi connectivity index (χ2n) is 5.69. The maximum absolute atomic E-state index is 6.07. The van der Waals surface area contributed by atoms with Gasteiger partial charge in [0.05, 0.1) is 17.3 Å². The zero-order valence-corrected chi connectivity index (χ0v) is 18.8. The number of hydrogen-bond acceptors (Lipinski definition) is 2. The summed E-state index contributed by atoms with van der Waals surface area (Å²) >= 11 is 12.1. The van der Waals surface area contributed by atoms with Crippen molar-refractivity contribution in [1.82, 2.24) is 25.0 Å². The summed E-state index contributed by atoms with van der Waals surface area (Å²) in [6.45, 7) is 6.37. The van der Waals surface area contributed by atoms with Crippen molar-refractivity contribution in [3.8, 4) is 0 Å². The van der Waals surface area contributed by atoms with Gasteiger partial charge in [0.15, 0.2) is 5.96 Å². The van der Waals surface area contributed by atoms with Crippen molar-refractivity contribution < 1.29 is 0 Å². The molecule has 0 saturated carbocycles. The normalized spacial score (nSPS) is 11.4. The number of aliphatic imine (C=N–C) groups is 1. The number of halogens is 3. The van der Waals surface area contributed by atoms with E-state index in [-0.39, 0.29) is 24.0 Å². The minimum absolute atomic E-state index is 0. The topological polar surface area (TPSA) is 59.2 Å². The Bertz CT molecular complexity index is 723. The van der Waals surface area contributed by atoms with Gasteiger partial charge in [0.25, 0.3) is 0 Å². The quantitative estimate of drug-likeness (QED) is 0.277. The first-order valence-electron chi connectivity index (χ1n) is 7.87. The van der Waals surface area contributed by atoms with E-state index in [0.717, 1.165) is 36.9 Å². The first-order chi connectivity index (χ1) is 11.4. The molecular formula is C16H25Cl2IN6. The second-order valence-corrected chi connectivity index (χ2v) is 6.45. The van der Waals surface area contributed by atoms with Gasteiger partial charge in [0.2, 0.25) is 0 Å². The number of nitrogens with zero attached hydrogens (tertiary/aromatic N) is 4. The molecule has 0 radical (unpaired) electrons. The average Bonchev–Trinajstić information content (AvgIpc) is 3.00. The first-order valence-corrected chi connectivity index (χ1v) is 8.63. The molecule has 0 amide bonds. The molecule has 2 rings (SSSR count). The Balaban J connectivity index is 0.00000312. The maximum Gasteiger partial charge on any atom is 0.191 e. The van der Waals surface area contributed by atoms with Crippen LogP contribution >= 0.6 is 47.2 Å². The minimum atomic E-state index is 0. The Labute approximate surface area is 176 Å². The lowest BCUT2D eigenvalue weighted by Gasteiger charge is -2.12. The summed E-state index contributed by atoms with van der Waals surface area (Å²) in [6.07, 6.45) is 0.963. The summed E-state index contributed by atoms with van der Waals surface area (Å²) in [5, 5.41) is 12.1. The molecule has 0 aromatic carbocycles. The van der Waals surface area contributed by atoms with Gasteiger partial charge < -0.3 is 15.2 Å². The summed E-state index contributed by atoms with van der Waals surface area (Å²) < 4.78 is 3.88. The number of guanidine groups is 1. The molecule has 140 valence electrons. The summed E-state index contributed by atoms with van der Waals surface area (Å²) in [6, 6.07) is 3.94. The maximum atomic E-state index is 6.07. The Morgan fingerprint density at radius 1 is 1.24 bits per heavy atom. The van der Waals surface area contributed by atoms with E-state index < -0.39 is 0 Å². The van der Waals surface area contributed by atoms with Crippen LogP contribution in [0.4, 0.5) is 0 Å². The summed E-state index contributed by atoms with van der Waals surface area (Å²) in [5.74, 6) is 0.747. The second kappa shape index (κ2) is 10.3. The van der Waals surface area contributed by atoms with Gasteiger partial charge in [-0.15, -0.1) is 24.0 Å². The molecule has 0 fully saturated rings. The van der Waals surface area contributed by atoms with Crippen LogP contribution < -0.4 is 10.6 Å². The van der Waals surface area contributed by atoms with Crippen molar-refractivity contribution in [1.29, 1.82) is 0 Å². The monoisotopic (exact) mass is 498 g/mol. The van der Waals surface area contributed by atoms with Gasteiger partial charge in [-0.2, -0.15) is 5.10 Å². The number of rotatable bonds is 6. The Kier molecular flexibility index (Phi) is 9.09. The van der Waals surface area contributed by atoms with Crippen molar-refractivity contribution in [2.75, 3.05) is 13.6 Å². The molecule has 2 aromatic heterocycles. The van der Waals surface area contributed by atoms with Crippen LogP contribution in [0.15, 0.2) is 17.1 Å². The van der Waals surface area contributed by atoms with E-state index >= 15 is 0 Å². The number of hydrogen-bond donors (Lipinski definition) is 2. The molecular weight excluding hydrogens is 474 g/mol. The van der Waals surface area contributed by atoms with Crippen molar-refractivity contribution in [3.05, 3.63) is 39.4 Å². The van der Waals surface area contributed by atoms with Crippen LogP contribution in [0, 0.1) is 13.8 Å². The van der Waals surface area contributed by atoms with Crippen LogP contribution in [0.2, 0.25) is 10.2 Å². The van der Waals surface area contributed by atoms with E-state index in [0.29, 0.717) is 16.7 Å². The first kappa shape index (κ1) is 22.1. The average molecular weight is 499 g/mol. The lowest BCUT2D eigenvalue weighted by molar-refractivity contribution is 0.555. The van der Waals surface area contributed by atoms with E-state index in [1.807, 2.05) is 29.3 Å². The lowest BCUT2D eigenvalue weighted by Crippen LogP contribution is -2.37. The highest BCUT2D eigenvalue weighted by Crippen LogP contribution is 2.24. The standard InChI is InChI=1S/C16H24Cl2N6.HI/c1-11-8-12(2)24(22-11)7-5-6-20-16(19-3)21-10-13-9-14(17)15(18)23(13)4;/h8-9H,5-7,10H2,1-4H3,(H2,19,20,21);1H. The van der Waals surface area contributed by atoms with Gasteiger partial charge in [-0.05, 0) is 32.4 Å². The highest BCUT2D eigenvalue weighted by molar-refractivity contribution is 14.0. The third-order valence-corrected chi connectivity index (χ3v) is 4.66. The molecule has 0 aliphatic carbocycles. The van der Waals surface area contributed by atoms with Gasteiger partial charge in [-0.1, -0.05) is 23.2 Å². The smallest absolute Gasteiger partial charge is 0.191 e. The Morgan fingerprint density at radius 2 is 1.96 bits per heavy atom. The predicted octanol–water partition coefficient (Wildman–Crippen LogP) is 3.52. The molecule has 0 spiro atoms. The summed E-state index contributed by atoms with van der Waals surface area (Å²) in [5.41, 5.74) is 3.24. The molecule has 0 aliphatic heterocycles. The molecule has 2 heterocycles. The number of nitrogens with one attached hydrogen (secondary N) is 2. The summed E-state index contributed by atoms with van der Waals surface area (Å²) in [4.78, 5) is 4.23. The van der Waals surface area contributed by atoms with Gasteiger partial charge in [0, 0.05) is 38.6 Å². The third kappa shape index (κ3) is 6.07. The largest absolute Gasteiger partial charge is 0.356 e. The van der Waals surface area contributed by atoms with Crippen LogP contribution in [0.3, 0.4) is 0 Å². The Hall–Kier alpha value is -0.930. The van der Waals surface area contributed by atoms with Crippen molar-refractivity contribution in [3.63, 3.8) is 0 Å². The van der Waals surface area contributed by atoms with Crippen LogP contribution in [0.5, 0.6) is 0 Å². The fourth-order valence-electron chi connectivity index (χ4n) is 2.49. The summed E-state index contributed by atoms with van der Waals surface area (Å²) in [7, 11) is 3.64. The SMILES string of the molecule is CN=C(NCCCn1nc(C)cc1C)NCc1cc(Cl)c(Cl)n1C.I. The van der Waals surface area contributed by atoms with E-state index in [4.69, 9.17) is 23.2 Å². The van der Waals surface area contributed by atoms with Crippen LogP contribution in [0.1, 0.15) is 23.5 Å².